The molecule has 0 radical (unpaired) electrons. The summed E-state index contributed by atoms with van der Waals surface area (Å²) in [6, 6.07) is 3.66. The van der Waals surface area contributed by atoms with Crippen molar-refractivity contribution in [1.82, 2.24) is 14.8 Å². The molecule has 0 bridgehead atoms. The largest absolute Gasteiger partial charge is 0.389 e. The van der Waals surface area contributed by atoms with Crippen molar-refractivity contribution in [1.29, 1.82) is 0 Å². The Hall–Kier alpha value is -1.68. The Morgan fingerprint density at radius 2 is 2.27 bits per heavy atom. The second kappa shape index (κ2) is 3.82. The first-order valence-electron chi connectivity index (χ1n) is 4.83. The molecule has 0 aliphatic heterocycles. The minimum absolute atomic E-state index is 0.543. The number of rotatable bonds is 2. The van der Waals surface area contributed by atoms with E-state index in [1.165, 1.54) is 0 Å². The summed E-state index contributed by atoms with van der Waals surface area (Å²) in [7, 11) is 0. The van der Waals surface area contributed by atoms with Crippen molar-refractivity contribution >= 4 is 0 Å². The predicted molar refractivity (Wildman–Crippen MR) is 56.7 cm³/mol. The van der Waals surface area contributed by atoms with Gasteiger partial charge in [0.25, 0.3) is 0 Å². The number of hydrogen-bond donors (Lipinski definition) is 1. The third kappa shape index (κ3) is 1.89. The fourth-order valence-electron chi connectivity index (χ4n) is 1.46. The van der Waals surface area contributed by atoms with E-state index < -0.39 is 6.10 Å². The third-order valence-electron chi connectivity index (χ3n) is 2.20. The molecule has 0 amide bonds. The maximum Gasteiger partial charge on any atom is 0.159 e. The summed E-state index contributed by atoms with van der Waals surface area (Å²) in [5.41, 5.74) is 1.85. The number of aromatic nitrogens is 3. The number of aryl methyl sites for hydroxylation is 1. The summed E-state index contributed by atoms with van der Waals surface area (Å²) in [6.07, 6.45) is 4.80. The number of aliphatic hydroxyl groups excluding tert-OH is 1. The van der Waals surface area contributed by atoms with Gasteiger partial charge in [-0.3, -0.25) is 0 Å². The molecule has 1 atom stereocenters. The second-order valence-electron chi connectivity index (χ2n) is 3.55. The van der Waals surface area contributed by atoms with Crippen LogP contribution in [0.2, 0.25) is 0 Å². The number of aliphatic hydroxyl groups is 1. The van der Waals surface area contributed by atoms with Gasteiger partial charge >= 0.3 is 0 Å². The molecule has 4 nitrogen and oxygen atoms in total. The zero-order valence-corrected chi connectivity index (χ0v) is 8.75. The molecule has 0 spiro atoms. The first-order valence-corrected chi connectivity index (χ1v) is 4.83. The Kier molecular flexibility index (Phi) is 2.51. The van der Waals surface area contributed by atoms with Crippen molar-refractivity contribution in [3.05, 3.63) is 41.9 Å². The summed E-state index contributed by atoms with van der Waals surface area (Å²) in [6.45, 7) is 3.69. The molecule has 0 saturated carbocycles. The van der Waals surface area contributed by atoms with Gasteiger partial charge in [0.05, 0.1) is 12.3 Å². The topological polar surface area (TPSA) is 50.9 Å². The van der Waals surface area contributed by atoms with Crippen LogP contribution in [0.4, 0.5) is 0 Å². The van der Waals surface area contributed by atoms with Gasteiger partial charge < -0.3 is 5.11 Å². The molecule has 0 saturated heterocycles. The average molecular weight is 203 g/mol. The summed E-state index contributed by atoms with van der Waals surface area (Å²) in [4.78, 5) is 4.22. The van der Waals surface area contributed by atoms with Gasteiger partial charge in [-0.15, -0.1) is 0 Å². The lowest BCUT2D eigenvalue weighted by atomic mass is 10.1. The van der Waals surface area contributed by atoms with Crippen molar-refractivity contribution in [3.8, 4) is 5.82 Å². The molecule has 0 aliphatic carbocycles. The highest BCUT2D eigenvalue weighted by molar-refractivity contribution is 5.34. The van der Waals surface area contributed by atoms with Crippen LogP contribution < -0.4 is 0 Å². The number of pyridine rings is 1. The lowest BCUT2D eigenvalue weighted by molar-refractivity contribution is 0.198. The van der Waals surface area contributed by atoms with E-state index >= 15 is 0 Å². The van der Waals surface area contributed by atoms with Gasteiger partial charge in [0.15, 0.2) is 5.82 Å². The lowest BCUT2D eigenvalue weighted by Crippen LogP contribution is -2.05. The van der Waals surface area contributed by atoms with Crippen LogP contribution in [0, 0.1) is 6.92 Å². The molecule has 0 unspecified atom stereocenters. The molecule has 2 aromatic heterocycles. The van der Waals surface area contributed by atoms with Gasteiger partial charge in [-0.25, -0.2) is 9.67 Å². The van der Waals surface area contributed by atoms with Gasteiger partial charge in [0.2, 0.25) is 0 Å². The summed E-state index contributed by atoms with van der Waals surface area (Å²) in [5, 5.41) is 13.8. The van der Waals surface area contributed by atoms with Crippen LogP contribution in [-0.4, -0.2) is 19.9 Å². The second-order valence-corrected chi connectivity index (χ2v) is 3.55. The van der Waals surface area contributed by atoms with E-state index in [2.05, 4.69) is 10.1 Å². The van der Waals surface area contributed by atoms with Crippen LogP contribution in [0.15, 0.2) is 30.7 Å². The lowest BCUT2D eigenvalue weighted by Gasteiger charge is -2.09. The van der Waals surface area contributed by atoms with E-state index in [1.807, 2.05) is 25.3 Å². The molecular weight excluding hydrogens is 190 g/mol. The van der Waals surface area contributed by atoms with E-state index in [0.29, 0.717) is 5.82 Å². The Morgan fingerprint density at radius 3 is 2.87 bits per heavy atom. The molecule has 2 aromatic rings. The molecule has 78 valence electrons. The maximum atomic E-state index is 9.59. The minimum Gasteiger partial charge on any atom is -0.389 e. The van der Waals surface area contributed by atoms with E-state index in [9.17, 15) is 5.11 Å². The highest BCUT2D eigenvalue weighted by atomic mass is 16.3. The normalized spacial score (nSPS) is 12.7. The molecule has 0 aliphatic rings. The summed E-state index contributed by atoms with van der Waals surface area (Å²) < 4.78 is 1.68. The van der Waals surface area contributed by atoms with Crippen LogP contribution >= 0.6 is 0 Å². The van der Waals surface area contributed by atoms with Crippen LogP contribution in [0.5, 0.6) is 0 Å². The highest BCUT2D eigenvalue weighted by Crippen LogP contribution is 2.18. The van der Waals surface area contributed by atoms with Gasteiger partial charge in [-0.2, -0.15) is 5.10 Å². The highest BCUT2D eigenvalue weighted by Gasteiger charge is 2.10. The van der Waals surface area contributed by atoms with Gasteiger partial charge in [-0.05, 0) is 25.5 Å². The molecule has 2 rings (SSSR count). The Balaban J connectivity index is 2.52. The van der Waals surface area contributed by atoms with Crippen molar-refractivity contribution in [2.24, 2.45) is 0 Å². The van der Waals surface area contributed by atoms with Gasteiger partial charge in [-0.1, -0.05) is 6.07 Å². The Morgan fingerprint density at radius 1 is 1.47 bits per heavy atom. The predicted octanol–water partition coefficient (Wildman–Crippen LogP) is 1.63. The number of nitrogens with zero attached hydrogens (tertiary/aromatic N) is 3. The molecule has 0 fully saturated rings. The summed E-state index contributed by atoms with van der Waals surface area (Å²) >= 11 is 0. The third-order valence-corrected chi connectivity index (χ3v) is 2.20. The summed E-state index contributed by atoms with van der Waals surface area (Å²) in [5.74, 6) is 0.681. The van der Waals surface area contributed by atoms with Crippen LogP contribution in [0.25, 0.3) is 5.82 Å². The van der Waals surface area contributed by atoms with Crippen LogP contribution in [-0.2, 0) is 0 Å². The molecule has 2 heterocycles. The number of hydrogen-bond acceptors (Lipinski definition) is 3. The Bertz CT molecular complexity index is 462. The van der Waals surface area contributed by atoms with E-state index in [-0.39, 0.29) is 0 Å². The van der Waals surface area contributed by atoms with Gasteiger partial charge in [0, 0.05) is 18.0 Å². The van der Waals surface area contributed by atoms with E-state index in [0.717, 1.165) is 11.1 Å². The monoisotopic (exact) mass is 203 g/mol. The van der Waals surface area contributed by atoms with Crippen molar-refractivity contribution in [2.45, 2.75) is 20.0 Å². The van der Waals surface area contributed by atoms with Crippen molar-refractivity contribution in [3.63, 3.8) is 0 Å². The van der Waals surface area contributed by atoms with E-state index in [4.69, 9.17) is 0 Å². The molecule has 1 N–H and O–H groups in total. The average Bonchev–Trinajstić information content (AvgIpc) is 2.65. The van der Waals surface area contributed by atoms with Crippen molar-refractivity contribution in [2.75, 3.05) is 0 Å². The minimum atomic E-state index is -0.543. The molecule has 4 heteroatoms. The smallest absolute Gasteiger partial charge is 0.159 e. The van der Waals surface area contributed by atoms with Gasteiger partial charge in [0.1, 0.15) is 0 Å². The standard InChI is InChI=1S/C11H13N3O/c1-8-6-13-14(7-8)11-10(9(2)15)4-3-5-12-11/h3-7,9,15H,1-2H3/t9-/m1/s1. The fourth-order valence-corrected chi connectivity index (χ4v) is 1.46. The zero-order chi connectivity index (χ0) is 10.8. The molecular formula is C11H13N3O. The maximum absolute atomic E-state index is 9.59. The quantitative estimate of drug-likeness (QED) is 0.807. The Labute approximate surface area is 88.2 Å². The first kappa shape index (κ1) is 9.86. The molecule has 0 aromatic carbocycles. The fraction of sp³-hybridized carbons (Fsp3) is 0.273. The van der Waals surface area contributed by atoms with Crippen molar-refractivity contribution < 1.29 is 5.11 Å². The van der Waals surface area contributed by atoms with Crippen LogP contribution in [0.3, 0.4) is 0 Å². The zero-order valence-electron chi connectivity index (χ0n) is 8.75. The van der Waals surface area contributed by atoms with Crippen LogP contribution in [0.1, 0.15) is 24.2 Å². The first-order chi connectivity index (χ1) is 7.18. The van der Waals surface area contributed by atoms with E-state index in [1.54, 1.807) is 24.0 Å². The SMILES string of the molecule is Cc1cnn(-c2ncccc2[C@@H](C)O)c1. The molecule has 15 heavy (non-hydrogen) atoms.